The van der Waals surface area contributed by atoms with Gasteiger partial charge in [0, 0.05) is 12.7 Å². The van der Waals surface area contributed by atoms with E-state index in [9.17, 15) is 22.8 Å². The van der Waals surface area contributed by atoms with E-state index in [0.717, 1.165) is 10.9 Å². The second-order valence-corrected chi connectivity index (χ2v) is 7.19. The molecule has 1 aliphatic carbocycles. The van der Waals surface area contributed by atoms with Crippen molar-refractivity contribution in [2.45, 2.75) is 38.4 Å². The van der Waals surface area contributed by atoms with Crippen molar-refractivity contribution in [1.82, 2.24) is 29.5 Å². The Labute approximate surface area is 161 Å². The predicted molar refractivity (Wildman–Crippen MR) is 93.7 cm³/mol. The molecule has 0 spiro atoms. The van der Waals surface area contributed by atoms with Gasteiger partial charge in [-0.25, -0.2) is 14.5 Å². The first-order chi connectivity index (χ1) is 13.7. The first-order valence-electron chi connectivity index (χ1n) is 9.03. The number of nitrogens with one attached hydrogen (secondary N) is 1. The molecule has 0 bridgehead atoms. The lowest BCUT2D eigenvalue weighted by atomic mass is 9.81. The average Bonchev–Trinajstić information content (AvgIpc) is 3.29. The molecule has 0 atom stereocenters. The van der Waals surface area contributed by atoms with E-state index in [1.165, 1.54) is 17.1 Å². The summed E-state index contributed by atoms with van der Waals surface area (Å²) in [4.78, 5) is 30.3. The molecule has 0 unspecified atom stereocenters. The normalized spacial score (nSPS) is 20.2. The number of rotatable bonds is 4. The summed E-state index contributed by atoms with van der Waals surface area (Å²) in [5.41, 5.74) is -0.0332. The zero-order valence-corrected chi connectivity index (χ0v) is 15.1. The highest BCUT2D eigenvalue weighted by atomic mass is 19.4. The molecule has 3 aromatic heterocycles. The van der Waals surface area contributed by atoms with Gasteiger partial charge in [0.2, 0.25) is 5.95 Å². The smallest absolute Gasteiger partial charge is 0.391 e. The molecular weight excluding hydrogens is 393 g/mol. The van der Waals surface area contributed by atoms with Crippen LogP contribution in [0.1, 0.15) is 36.0 Å². The van der Waals surface area contributed by atoms with E-state index < -0.39 is 23.6 Å². The number of carbonyl (C=O) groups is 1. The molecule has 12 heteroatoms. The molecule has 3 aromatic rings. The summed E-state index contributed by atoms with van der Waals surface area (Å²) in [5, 5.41) is 17.0. The summed E-state index contributed by atoms with van der Waals surface area (Å²) >= 11 is 0. The lowest BCUT2D eigenvalue weighted by Gasteiger charge is -2.29. The Balaban J connectivity index is 1.55. The molecule has 154 valence electrons. The summed E-state index contributed by atoms with van der Waals surface area (Å²) in [6.45, 7) is 0.336. The van der Waals surface area contributed by atoms with Crippen LogP contribution < -0.4 is 5.56 Å². The predicted octanol–water partition coefficient (Wildman–Crippen LogP) is 2.37. The third-order valence-corrected chi connectivity index (χ3v) is 5.27. The van der Waals surface area contributed by atoms with Gasteiger partial charge in [-0.05, 0) is 31.6 Å². The minimum Gasteiger partial charge on any atom is -0.478 e. The number of aromatic carboxylic acids is 1. The van der Waals surface area contributed by atoms with Gasteiger partial charge in [0.1, 0.15) is 5.52 Å². The zero-order valence-electron chi connectivity index (χ0n) is 15.1. The average molecular weight is 410 g/mol. The molecule has 9 nitrogen and oxygen atoms in total. The van der Waals surface area contributed by atoms with E-state index in [0.29, 0.717) is 24.9 Å². The second-order valence-electron chi connectivity index (χ2n) is 7.19. The van der Waals surface area contributed by atoms with E-state index in [1.54, 1.807) is 0 Å². The van der Waals surface area contributed by atoms with Gasteiger partial charge >= 0.3 is 12.1 Å². The number of nitrogens with zero attached hydrogens (tertiary/aromatic N) is 5. The number of hydrogen-bond acceptors (Lipinski definition) is 5. The Hall–Kier alpha value is -3.18. The standard InChI is InChI=1S/C17H17F3N6O3/c18-17(19,20)11-3-1-9(2-4-11)7-25-13-12(6-22-25)23-16(24-14(13)27)26-8-10(5-21-26)15(28)29/h5-6,8-9,11H,1-4,7H2,(H,28,29)(H,23,24,27). The number of fused-ring (bicyclic) bond motifs is 1. The molecule has 0 radical (unpaired) electrons. The first-order valence-corrected chi connectivity index (χ1v) is 9.03. The molecule has 1 aliphatic rings. The van der Waals surface area contributed by atoms with Crippen LogP contribution in [0.2, 0.25) is 0 Å². The van der Waals surface area contributed by atoms with Crippen LogP contribution in [0.15, 0.2) is 23.4 Å². The fourth-order valence-corrected chi connectivity index (χ4v) is 3.71. The van der Waals surface area contributed by atoms with Crippen molar-refractivity contribution < 1.29 is 23.1 Å². The van der Waals surface area contributed by atoms with Crippen LogP contribution in [0.4, 0.5) is 13.2 Å². The number of aromatic amines is 1. The largest absolute Gasteiger partial charge is 0.478 e. The minimum atomic E-state index is -4.16. The van der Waals surface area contributed by atoms with Crippen molar-refractivity contribution in [3.63, 3.8) is 0 Å². The molecule has 0 saturated heterocycles. The number of carboxylic acid groups (broad SMARTS) is 1. The summed E-state index contributed by atoms with van der Waals surface area (Å²) in [6.07, 6.45) is 0.586. The van der Waals surface area contributed by atoms with Crippen LogP contribution in [0.25, 0.3) is 17.0 Å². The van der Waals surface area contributed by atoms with Gasteiger partial charge < -0.3 is 5.11 Å². The number of alkyl halides is 3. The second kappa shape index (κ2) is 7.01. The maximum atomic E-state index is 12.8. The van der Waals surface area contributed by atoms with E-state index in [2.05, 4.69) is 20.2 Å². The minimum absolute atomic E-state index is 0.0000155. The van der Waals surface area contributed by atoms with Gasteiger partial charge in [0.25, 0.3) is 5.56 Å². The third kappa shape index (κ3) is 3.74. The molecule has 0 aromatic carbocycles. The molecule has 3 heterocycles. The fourth-order valence-electron chi connectivity index (χ4n) is 3.71. The van der Waals surface area contributed by atoms with Crippen molar-refractivity contribution in [3.05, 3.63) is 34.5 Å². The van der Waals surface area contributed by atoms with Crippen molar-refractivity contribution in [2.75, 3.05) is 0 Å². The van der Waals surface area contributed by atoms with E-state index in [-0.39, 0.29) is 35.8 Å². The quantitative estimate of drug-likeness (QED) is 0.682. The molecular formula is C17H17F3N6O3. The van der Waals surface area contributed by atoms with Crippen LogP contribution in [0.5, 0.6) is 0 Å². The van der Waals surface area contributed by atoms with Crippen LogP contribution in [0, 0.1) is 11.8 Å². The Morgan fingerprint density at radius 1 is 1.21 bits per heavy atom. The van der Waals surface area contributed by atoms with Gasteiger partial charge in [-0.1, -0.05) is 0 Å². The topological polar surface area (TPSA) is 119 Å². The van der Waals surface area contributed by atoms with Crippen LogP contribution in [-0.2, 0) is 6.54 Å². The molecule has 2 N–H and O–H groups in total. The molecule has 1 saturated carbocycles. The van der Waals surface area contributed by atoms with Crippen LogP contribution >= 0.6 is 0 Å². The maximum absolute atomic E-state index is 12.8. The van der Waals surface area contributed by atoms with Gasteiger partial charge in [-0.2, -0.15) is 23.4 Å². The molecule has 4 rings (SSSR count). The van der Waals surface area contributed by atoms with Gasteiger partial charge in [-0.3, -0.25) is 14.5 Å². The molecule has 1 fully saturated rings. The molecule has 0 amide bonds. The number of carboxylic acids is 1. The number of aromatic nitrogens is 6. The van der Waals surface area contributed by atoms with Crippen molar-refractivity contribution in [1.29, 1.82) is 0 Å². The first kappa shape index (κ1) is 19.2. The Kier molecular flexibility index (Phi) is 4.63. The highest BCUT2D eigenvalue weighted by molar-refractivity contribution is 5.87. The monoisotopic (exact) mass is 410 g/mol. The van der Waals surface area contributed by atoms with E-state index >= 15 is 0 Å². The van der Waals surface area contributed by atoms with E-state index in [1.807, 2.05) is 0 Å². The van der Waals surface area contributed by atoms with Gasteiger partial charge in [0.15, 0.2) is 5.52 Å². The zero-order chi connectivity index (χ0) is 20.8. The van der Waals surface area contributed by atoms with Crippen molar-refractivity contribution in [3.8, 4) is 5.95 Å². The SMILES string of the molecule is O=C(O)c1cnn(-c2nc3cnn(CC4CCC(C(F)(F)F)CC4)c3c(=O)[nH]2)c1. The Morgan fingerprint density at radius 3 is 2.55 bits per heavy atom. The highest BCUT2D eigenvalue weighted by Gasteiger charge is 2.41. The molecule has 0 aliphatic heterocycles. The maximum Gasteiger partial charge on any atom is 0.391 e. The van der Waals surface area contributed by atoms with Gasteiger partial charge in [0.05, 0.1) is 23.9 Å². The lowest BCUT2D eigenvalue weighted by Crippen LogP contribution is -2.29. The van der Waals surface area contributed by atoms with Gasteiger partial charge in [-0.15, -0.1) is 0 Å². The van der Waals surface area contributed by atoms with Crippen LogP contribution in [-0.4, -0.2) is 46.8 Å². The lowest BCUT2D eigenvalue weighted by molar-refractivity contribution is -0.184. The number of halogens is 3. The summed E-state index contributed by atoms with van der Waals surface area (Å²) in [7, 11) is 0. The van der Waals surface area contributed by atoms with Crippen molar-refractivity contribution in [2.24, 2.45) is 11.8 Å². The third-order valence-electron chi connectivity index (χ3n) is 5.27. The summed E-state index contributed by atoms with van der Waals surface area (Å²) < 4.78 is 41.1. The van der Waals surface area contributed by atoms with E-state index in [4.69, 9.17) is 5.11 Å². The number of hydrogen-bond donors (Lipinski definition) is 2. The fraction of sp³-hybridized carbons (Fsp3) is 0.471. The molecule has 29 heavy (non-hydrogen) atoms. The Morgan fingerprint density at radius 2 is 1.93 bits per heavy atom. The van der Waals surface area contributed by atoms with Crippen molar-refractivity contribution >= 4 is 17.0 Å². The van der Waals surface area contributed by atoms with Crippen LogP contribution in [0.3, 0.4) is 0 Å². The summed E-state index contributed by atoms with van der Waals surface area (Å²) in [5.74, 6) is -2.38. The number of H-pyrrole nitrogens is 1. The Bertz CT molecular complexity index is 1110. The summed E-state index contributed by atoms with van der Waals surface area (Å²) in [6, 6.07) is 0. The highest BCUT2D eigenvalue weighted by Crippen LogP contribution is 2.39.